The zero-order valence-corrected chi connectivity index (χ0v) is 7.61. The third-order valence-electron chi connectivity index (χ3n) is 2.62. The predicted octanol–water partition coefficient (Wildman–Crippen LogP) is 1.47. The average molecular weight is 177 g/mol. The van der Waals surface area contributed by atoms with Gasteiger partial charge in [-0.05, 0) is 24.9 Å². The van der Waals surface area contributed by atoms with Gasteiger partial charge in [0.2, 0.25) is 0 Å². The summed E-state index contributed by atoms with van der Waals surface area (Å²) in [5.74, 6) is 0. The number of rotatable bonds is 2. The number of hydrogen-bond acceptors (Lipinski definition) is 2. The van der Waals surface area contributed by atoms with Gasteiger partial charge >= 0.3 is 0 Å². The van der Waals surface area contributed by atoms with Gasteiger partial charge in [-0.2, -0.15) is 0 Å². The van der Waals surface area contributed by atoms with Gasteiger partial charge in [0.1, 0.15) is 0 Å². The first kappa shape index (κ1) is 8.73. The van der Waals surface area contributed by atoms with Crippen molar-refractivity contribution in [3.63, 3.8) is 0 Å². The Morgan fingerprint density at radius 2 is 2.08 bits per heavy atom. The van der Waals surface area contributed by atoms with Crippen LogP contribution in [0.3, 0.4) is 0 Å². The molecule has 2 heteroatoms. The van der Waals surface area contributed by atoms with Gasteiger partial charge in [-0.3, -0.25) is 0 Å². The van der Waals surface area contributed by atoms with E-state index in [4.69, 9.17) is 0 Å². The molecule has 13 heavy (non-hydrogen) atoms. The van der Waals surface area contributed by atoms with Crippen LogP contribution in [-0.4, -0.2) is 17.7 Å². The molecule has 1 heterocycles. The summed E-state index contributed by atoms with van der Waals surface area (Å²) in [4.78, 5) is 0. The van der Waals surface area contributed by atoms with E-state index in [1.165, 1.54) is 6.42 Å². The lowest BCUT2D eigenvalue weighted by Crippen LogP contribution is -2.28. The molecule has 1 aliphatic heterocycles. The van der Waals surface area contributed by atoms with Crippen LogP contribution in [-0.2, 0) is 0 Å². The van der Waals surface area contributed by atoms with Gasteiger partial charge in [0.15, 0.2) is 0 Å². The number of aliphatic hydroxyl groups excluding tert-OH is 1. The van der Waals surface area contributed by atoms with Crippen LogP contribution in [0, 0.1) is 0 Å². The predicted molar refractivity (Wildman–Crippen MR) is 52.4 cm³/mol. The topological polar surface area (TPSA) is 32.3 Å². The quantitative estimate of drug-likeness (QED) is 0.717. The molecule has 0 aliphatic carbocycles. The van der Waals surface area contributed by atoms with Crippen LogP contribution in [0.2, 0.25) is 0 Å². The van der Waals surface area contributed by atoms with Crippen molar-refractivity contribution < 1.29 is 5.11 Å². The highest BCUT2D eigenvalue weighted by Gasteiger charge is 2.23. The molecule has 2 N–H and O–H groups in total. The summed E-state index contributed by atoms with van der Waals surface area (Å²) >= 11 is 0. The molecular weight excluding hydrogens is 162 g/mol. The lowest BCUT2D eigenvalue weighted by atomic mass is 10.0. The monoisotopic (exact) mass is 177 g/mol. The van der Waals surface area contributed by atoms with Gasteiger partial charge in [-0.25, -0.2) is 0 Å². The molecule has 1 aromatic carbocycles. The largest absolute Gasteiger partial charge is 0.387 e. The Kier molecular flexibility index (Phi) is 2.62. The molecule has 1 saturated heterocycles. The Bertz CT molecular complexity index is 254. The molecule has 1 aliphatic rings. The van der Waals surface area contributed by atoms with Gasteiger partial charge in [0.05, 0.1) is 6.10 Å². The van der Waals surface area contributed by atoms with E-state index in [2.05, 4.69) is 5.32 Å². The summed E-state index contributed by atoms with van der Waals surface area (Å²) in [5.41, 5.74) is 1.02. The highest BCUT2D eigenvalue weighted by Crippen LogP contribution is 2.22. The van der Waals surface area contributed by atoms with Crippen LogP contribution in [0.25, 0.3) is 0 Å². The smallest absolute Gasteiger partial charge is 0.0942 e. The normalized spacial score (nSPS) is 24.5. The highest BCUT2D eigenvalue weighted by atomic mass is 16.3. The van der Waals surface area contributed by atoms with Crippen LogP contribution in [0.1, 0.15) is 24.5 Å². The van der Waals surface area contributed by atoms with E-state index >= 15 is 0 Å². The second-order valence-electron chi connectivity index (χ2n) is 3.56. The number of nitrogens with one attached hydrogen (secondary N) is 1. The molecule has 0 spiro atoms. The second kappa shape index (κ2) is 3.90. The van der Waals surface area contributed by atoms with E-state index in [0.29, 0.717) is 0 Å². The summed E-state index contributed by atoms with van der Waals surface area (Å²) in [6, 6.07) is 10.1. The maximum Gasteiger partial charge on any atom is 0.0942 e. The minimum absolute atomic E-state index is 0.252. The zero-order valence-electron chi connectivity index (χ0n) is 7.61. The fraction of sp³-hybridized carbons (Fsp3) is 0.455. The van der Waals surface area contributed by atoms with Gasteiger partial charge in [-0.1, -0.05) is 30.3 Å². The third-order valence-corrected chi connectivity index (χ3v) is 2.62. The Labute approximate surface area is 78.6 Å². The summed E-state index contributed by atoms with van der Waals surface area (Å²) in [6.07, 6.45) is 1.91. The lowest BCUT2D eigenvalue weighted by Gasteiger charge is -2.18. The van der Waals surface area contributed by atoms with E-state index in [-0.39, 0.29) is 12.1 Å². The molecule has 2 atom stereocenters. The second-order valence-corrected chi connectivity index (χ2v) is 3.56. The summed E-state index contributed by atoms with van der Waals surface area (Å²) in [7, 11) is 0. The zero-order chi connectivity index (χ0) is 9.10. The molecule has 2 rings (SSSR count). The van der Waals surface area contributed by atoms with Crippen LogP contribution in [0.15, 0.2) is 30.3 Å². The molecule has 2 nitrogen and oxygen atoms in total. The van der Waals surface area contributed by atoms with Crippen molar-refractivity contribution in [3.05, 3.63) is 35.9 Å². The Morgan fingerprint density at radius 3 is 2.69 bits per heavy atom. The Hall–Kier alpha value is -0.860. The first-order valence-corrected chi connectivity index (χ1v) is 4.84. The van der Waals surface area contributed by atoms with Crippen molar-refractivity contribution in [2.75, 3.05) is 6.54 Å². The van der Waals surface area contributed by atoms with Crippen molar-refractivity contribution in [2.24, 2.45) is 0 Å². The van der Waals surface area contributed by atoms with Crippen molar-refractivity contribution in [3.8, 4) is 0 Å². The minimum Gasteiger partial charge on any atom is -0.387 e. The third kappa shape index (κ3) is 1.90. The first-order chi connectivity index (χ1) is 6.38. The molecule has 0 bridgehead atoms. The molecule has 0 amide bonds. The van der Waals surface area contributed by atoms with Crippen LogP contribution >= 0.6 is 0 Å². The maximum atomic E-state index is 9.96. The average Bonchev–Trinajstić information content (AvgIpc) is 2.71. The fourth-order valence-electron chi connectivity index (χ4n) is 1.86. The SMILES string of the molecule is OC(c1ccccc1)[C@H]1CCCN1. The number of aliphatic hydroxyl groups is 1. The summed E-state index contributed by atoms with van der Waals surface area (Å²) in [5, 5.41) is 13.3. The van der Waals surface area contributed by atoms with Crippen molar-refractivity contribution in [1.29, 1.82) is 0 Å². The van der Waals surface area contributed by atoms with Gasteiger partial charge in [0.25, 0.3) is 0 Å². The molecule has 1 aromatic rings. The number of benzene rings is 1. The lowest BCUT2D eigenvalue weighted by molar-refractivity contribution is 0.137. The fourth-order valence-corrected chi connectivity index (χ4v) is 1.86. The molecule has 0 saturated carbocycles. The molecule has 0 aromatic heterocycles. The van der Waals surface area contributed by atoms with E-state index in [0.717, 1.165) is 18.5 Å². The van der Waals surface area contributed by atoms with Crippen molar-refractivity contribution in [1.82, 2.24) is 5.32 Å². The van der Waals surface area contributed by atoms with Crippen molar-refractivity contribution in [2.45, 2.75) is 25.0 Å². The molecule has 70 valence electrons. The highest BCUT2D eigenvalue weighted by molar-refractivity contribution is 5.19. The molecular formula is C11H15NO. The maximum absolute atomic E-state index is 9.96. The van der Waals surface area contributed by atoms with E-state index in [1.54, 1.807) is 0 Å². The van der Waals surface area contributed by atoms with Crippen LogP contribution < -0.4 is 5.32 Å². The van der Waals surface area contributed by atoms with Crippen LogP contribution in [0.4, 0.5) is 0 Å². The van der Waals surface area contributed by atoms with Gasteiger partial charge in [0, 0.05) is 6.04 Å². The standard InChI is InChI=1S/C11H15NO/c13-11(10-7-4-8-12-10)9-5-2-1-3-6-9/h1-3,5-6,10-13H,4,7-8H2/t10-,11?/m1/s1. The summed E-state index contributed by atoms with van der Waals surface area (Å²) < 4.78 is 0. The summed E-state index contributed by atoms with van der Waals surface area (Å²) in [6.45, 7) is 1.04. The molecule has 1 fully saturated rings. The molecule has 0 radical (unpaired) electrons. The van der Waals surface area contributed by atoms with E-state index in [9.17, 15) is 5.11 Å². The number of hydrogen-bond donors (Lipinski definition) is 2. The van der Waals surface area contributed by atoms with Gasteiger partial charge in [-0.15, -0.1) is 0 Å². The van der Waals surface area contributed by atoms with E-state index in [1.807, 2.05) is 30.3 Å². The van der Waals surface area contributed by atoms with Crippen molar-refractivity contribution >= 4 is 0 Å². The van der Waals surface area contributed by atoms with Crippen LogP contribution in [0.5, 0.6) is 0 Å². The van der Waals surface area contributed by atoms with Gasteiger partial charge < -0.3 is 10.4 Å². The minimum atomic E-state index is -0.344. The van der Waals surface area contributed by atoms with E-state index < -0.39 is 0 Å². The first-order valence-electron chi connectivity index (χ1n) is 4.84. The molecule has 1 unspecified atom stereocenters. The Morgan fingerprint density at radius 1 is 1.31 bits per heavy atom. The Balaban J connectivity index is 2.08.